The summed E-state index contributed by atoms with van der Waals surface area (Å²) in [4.78, 5) is 8.17. The summed E-state index contributed by atoms with van der Waals surface area (Å²) in [6, 6.07) is 10.3. The van der Waals surface area contributed by atoms with E-state index in [9.17, 15) is 21.6 Å². The van der Waals surface area contributed by atoms with Crippen molar-refractivity contribution in [1.29, 1.82) is 0 Å². The number of sulfonamides is 1. The van der Waals surface area contributed by atoms with Crippen molar-refractivity contribution in [2.75, 3.05) is 56.5 Å². The van der Waals surface area contributed by atoms with Gasteiger partial charge >= 0.3 is 6.18 Å². The maximum Gasteiger partial charge on any atom is 0.417 e. The number of nitrogens with zero attached hydrogens (tertiary/aromatic N) is 4. The molecule has 0 N–H and O–H groups in total. The van der Waals surface area contributed by atoms with Crippen molar-refractivity contribution in [2.24, 2.45) is 0 Å². The normalized spacial score (nSPS) is 19.1. The van der Waals surface area contributed by atoms with Crippen molar-refractivity contribution in [3.8, 4) is 5.75 Å². The van der Waals surface area contributed by atoms with Crippen LogP contribution in [0.25, 0.3) is 0 Å². The lowest BCUT2D eigenvalue weighted by atomic mass is 10.0. The van der Waals surface area contributed by atoms with E-state index in [1.165, 1.54) is 0 Å². The molecule has 7 nitrogen and oxygen atoms in total. The molecule has 0 atom stereocenters. The summed E-state index contributed by atoms with van der Waals surface area (Å²) >= 11 is 6.09. The Hall–Kier alpha value is -2.08. The molecule has 192 valence electrons. The zero-order valence-corrected chi connectivity index (χ0v) is 20.7. The van der Waals surface area contributed by atoms with Crippen LogP contribution in [0, 0.1) is 0 Å². The lowest BCUT2D eigenvalue weighted by molar-refractivity contribution is -0.137. The third-order valence-corrected chi connectivity index (χ3v) is 8.56. The minimum atomic E-state index is -4.48. The van der Waals surface area contributed by atoms with Gasteiger partial charge in [0.15, 0.2) is 0 Å². The molecule has 2 aliphatic rings. The highest BCUT2D eigenvalue weighted by atomic mass is 35.5. The molecule has 0 aliphatic carbocycles. The molecule has 2 aromatic rings. The van der Waals surface area contributed by atoms with Crippen LogP contribution in [0.1, 0.15) is 18.4 Å². The number of halogens is 4. The van der Waals surface area contributed by atoms with E-state index in [-0.39, 0.29) is 23.4 Å². The van der Waals surface area contributed by atoms with Crippen LogP contribution >= 0.6 is 11.6 Å². The van der Waals surface area contributed by atoms with Gasteiger partial charge in [0.1, 0.15) is 18.2 Å². The van der Waals surface area contributed by atoms with Gasteiger partial charge in [-0.1, -0.05) is 29.8 Å². The molecular formula is C23H28ClF3N4O3S. The fourth-order valence-corrected chi connectivity index (χ4v) is 6.12. The second-order valence-corrected chi connectivity index (χ2v) is 11.2. The van der Waals surface area contributed by atoms with Gasteiger partial charge in [-0.25, -0.2) is 17.7 Å². The molecule has 0 radical (unpaired) electrons. The van der Waals surface area contributed by atoms with Crippen LogP contribution in [0.3, 0.4) is 0 Å². The predicted molar refractivity (Wildman–Crippen MR) is 128 cm³/mol. The third-order valence-electron chi connectivity index (χ3n) is 6.45. The van der Waals surface area contributed by atoms with Crippen LogP contribution in [0.5, 0.6) is 5.75 Å². The number of benzene rings is 1. The van der Waals surface area contributed by atoms with Gasteiger partial charge in [0, 0.05) is 51.5 Å². The Labute approximate surface area is 208 Å². The van der Waals surface area contributed by atoms with Gasteiger partial charge in [0.25, 0.3) is 0 Å². The predicted octanol–water partition coefficient (Wildman–Crippen LogP) is 3.75. The van der Waals surface area contributed by atoms with Crippen molar-refractivity contribution in [1.82, 2.24) is 14.2 Å². The Kier molecular flexibility index (Phi) is 8.09. The first kappa shape index (κ1) is 26.0. The van der Waals surface area contributed by atoms with Crippen LogP contribution < -0.4 is 9.64 Å². The quantitative estimate of drug-likeness (QED) is 0.541. The summed E-state index contributed by atoms with van der Waals surface area (Å²) in [5.74, 6) is 0.942. The molecule has 12 heteroatoms. The number of ether oxygens (including phenoxy) is 1. The first-order valence-electron chi connectivity index (χ1n) is 11.5. The molecule has 2 aliphatic heterocycles. The Morgan fingerprint density at radius 3 is 2.29 bits per heavy atom. The fourth-order valence-electron chi connectivity index (χ4n) is 4.51. The number of rotatable bonds is 7. The Balaban J connectivity index is 1.23. The molecule has 2 fully saturated rings. The SMILES string of the molecule is O=S(=O)(CCOc1ccccc1)N1CCC(N2CCN(c3ncc(C(F)(F)F)cc3Cl)CC2)CC1. The second kappa shape index (κ2) is 10.9. The van der Waals surface area contributed by atoms with Crippen LogP contribution in [0.2, 0.25) is 5.02 Å². The average molecular weight is 533 g/mol. The van der Waals surface area contributed by atoms with E-state index in [4.69, 9.17) is 16.3 Å². The van der Waals surface area contributed by atoms with Gasteiger partial charge in [-0.2, -0.15) is 13.2 Å². The van der Waals surface area contributed by atoms with Crippen molar-refractivity contribution >= 4 is 27.4 Å². The van der Waals surface area contributed by atoms with Crippen LogP contribution in [-0.2, 0) is 16.2 Å². The van der Waals surface area contributed by atoms with Gasteiger partial charge in [-0.15, -0.1) is 0 Å². The standard InChI is InChI=1S/C23H28ClF3N4O3S/c24-21-16-18(23(25,26)27)17-28-22(21)30-12-10-29(11-13-30)19-6-8-31(9-7-19)35(32,33)15-14-34-20-4-2-1-3-5-20/h1-5,16-17,19H,6-15H2. The lowest BCUT2D eigenvalue weighted by Gasteiger charge is -2.42. The molecule has 0 bridgehead atoms. The van der Waals surface area contributed by atoms with E-state index in [1.54, 1.807) is 16.4 Å². The molecule has 4 rings (SSSR count). The minimum Gasteiger partial charge on any atom is -0.492 e. The maximum absolute atomic E-state index is 12.9. The summed E-state index contributed by atoms with van der Waals surface area (Å²) < 4.78 is 71.1. The highest BCUT2D eigenvalue weighted by Gasteiger charge is 2.34. The number of anilines is 1. The first-order chi connectivity index (χ1) is 16.6. The second-order valence-electron chi connectivity index (χ2n) is 8.66. The molecule has 1 aromatic heterocycles. The number of alkyl halides is 3. The topological polar surface area (TPSA) is 66.0 Å². The smallest absolute Gasteiger partial charge is 0.417 e. The Bertz CT molecular complexity index is 1090. The zero-order chi connectivity index (χ0) is 25.1. The number of hydrogen-bond donors (Lipinski definition) is 0. The zero-order valence-electron chi connectivity index (χ0n) is 19.1. The molecule has 1 aromatic carbocycles. The van der Waals surface area contributed by atoms with E-state index >= 15 is 0 Å². The van der Waals surface area contributed by atoms with E-state index < -0.39 is 21.8 Å². The van der Waals surface area contributed by atoms with Gasteiger partial charge < -0.3 is 9.64 Å². The van der Waals surface area contributed by atoms with Crippen molar-refractivity contribution in [2.45, 2.75) is 25.1 Å². The fraction of sp³-hybridized carbons (Fsp3) is 0.522. The van der Waals surface area contributed by atoms with Crippen molar-refractivity contribution < 1.29 is 26.3 Å². The molecule has 0 spiro atoms. The number of piperazine rings is 1. The van der Waals surface area contributed by atoms with Gasteiger partial charge in [0.05, 0.1) is 16.3 Å². The number of para-hydroxylation sites is 1. The molecule has 0 saturated carbocycles. The number of hydrogen-bond acceptors (Lipinski definition) is 6. The van der Waals surface area contributed by atoms with Crippen molar-refractivity contribution in [3.05, 3.63) is 53.2 Å². The summed E-state index contributed by atoms with van der Waals surface area (Å²) in [6.07, 6.45) is -2.20. The van der Waals surface area contributed by atoms with Crippen molar-refractivity contribution in [3.63, 3.8) is 0 Å². The molecular weight excluding hydrogens is 505 g/mol. The summed E-state index contributed by atoms with van der Waals surface area (Å²) in [5, 5.41) is -0.0111. The molecule has 0 unspecified atom stereocenters. The number of aromatic nitrogens is 1. The van der Waals surface area contributed by atoms with Gasteiger partial charge in [0.2, 0.25) is 10.0 Å². The summed E-state index contributed by atoms with van der Waals surface area (Å²) in [7, 11) is -3.39. The van der Waals surface area contributed by atoms with E-state index in [0.717, 1.165) is 25.1 Å². The highest BCUT2D eigenvalue weighted by Crippen LogP contribution is 2.34. The van der Waals surface area contributed by atoms with E-state index in [1.807, 2.05) is 23.1 Å². The number of pyridine rings is 1. The van der Waals surface area contributed by atoms with E-state index in [0.29, 0.717) is 50.8 Å². The Morgan fingerprint density at radius 2 is 1.69 bits per heavy atom. The lowest BCUT2D eigenvalue weighted by Crippen LogP contribution is -2.54. The van der Waals surface area contributed by atoms with Crippen LogP contribution in [0.4, 0.5) is 19.0 Å². The summed E-state index contributed by atoms with van der Waals surface area (Å²) in [6.45, 7) is 3.63. The highest BCUT2D eigenvalue weighted by molar-refractivity contribution is 7.89. The minimum absolute atomic E-state index is 0.0111. The molecule has 2 saturated heterocycles. The monoisotopic (exact) mass is 532 g/mol. The number of piperidine rings is 1. The summed E-state index contributed by atoms with van der Waals surface area (Å²) in [5.41, 5.74) is -0.863. The molecule has 3 heterocycles. The average Bonchev–Trinajstić information content (AvgIpc) is 2.84. The largest absolute Gasteiger partial charge is 0.492 e. The van der Waals surface area contributed by atoms with E-state index in [2.05, 4.69) is 9.88 Å². The molecule has 0 amide bonds. The first-order valence-corrected chi connectivity index (χ1v) is 13.5. The van der Waals surface area contributed by atoms with Crippen LogP contribution in [-0.4, -0.2) is 80.3 Å². The Morgan fingerprint density at radius 1 is 1.03 bits per heavy atom. The van der Waals surface area contributed by atoms with Gasteiger partial charge in [-0.3, -0.25) is 4.90 Å². The maximum atomic E-state index is 12.9. The van der Waals surface area contributed by atoms with Crippen LogP contribution in [0.15, 0.2) is 42.6 Å². The molecule has 35 heavy (non-hydrogen) atoms. The van der Waals surface area contributed by atoms with Gasteiger partial charge in [-0.05, 0) is 31.0 Å². The third kappa shape index (κ3) is 6.58.